The van der Waals surface area contributed by atoms with Crippen LogP contribution in [0.5, 0.6) is 0 Å². The molecule has 1 aliphatic rings. The molecule has 1 saturated heterocycles. The molecule has 0 aromatic carbocycles. The Hall–Kier alpha value is -0.560. The molecule has 0 aromatic heterocycles. The summed E-state index contributed by atoms with van der Waals surface area (Å²) in [5.41, 5.74) is 0. The summed E-state index contributed by atoms with van der Waals surface area (Å²) in [5, 5.41) is 3.36. The summed E-state index contributed by atoms with van der Waals surface area (Å²) in [7, 11) is 2.12. The number of nitrogens with one attached hydrogen (secondary N) is 1. The van der Waals surface area contributed by atoms with Crippen molar-refractivity contribution in [1.29, 1.82) is 0 Å². The molecule has 1 atom stereocenters. The molecule has 0 spiro atoms. The molecule has 0 saturated carbocycles. The van der Waals surface area contributed by atoms with Crippen molar-refractivity contribution in [3.63, 3.8) is 0 Å². The van der Waals surface area contributed by atoms with Crippen LogP contribution in [-0.4, -0.2) is 62.2 Å². The Morgan fingerprint density at radius 2 is 2.13 bits per heavy atom. The fourth-order valence-electron chi connectivity index (χ4n) is 1.95. The van der Waals surface area contributed by atoms with E-state index in [2.05, 4.69) is 35.0 Å². The van der Waals surface area contributed by atoms with Gasteiger partial charge in [0.2, 0.25) is 0 Å². The molecule has 0 bridgehead atoms. The maximum atomic E-state index is 5.48. The second kappa shape index (κ2) is 6.84. The third-order valence-corrected chi connectivity index (χ3v) is 3.09. The van der Waals surface area contributed by atoms with Crippen molar-refractivity contribution in [2.24, 2.45) is 0 Å². The lowest BCUT2D eigenvalue weighted by molar-refractivity contribution is 0.191. The standard InChI is InChI=1S/C12H23N3/c1-4-12(5-2)14(3)10-11-15-8-6-13-7-9-15/h1,12-13H,5-11H2,2-3H3. The quantitative estimate of drug-likeness (QED) is 0.654. The fraction of sp³-hybridized carbons (Fsp3) is 0.833. The van der Waals surface area contributed by atoms with Gasteiger partial charge in [0.15, 0.2) is 0 Å². The molecule has 1 heterocycles. The maximum absolute atomic E-state index is 5.48. The minimum absolute atomic E-state index is 0.299. The number of likely N-dealkylation sites (N-methyl/N-ethyl adjacent to an activating group) is 1. The van der Waals surface area contributed by atoms with Gasteiger partial charge in [-0.05, 0) is 13.5 Å². The van der Waals surface area contributed by atoms with Gasteiger partial charge in [-0.3, -0.25) is 9.80 Å². The van der Waals surface area contributed by atoms with Crippen molar-refractivity contribution in [2.45, 2.75) is 19.4 Å². The Kier molecular flexibility index (Phi) is 5.70. The lowest BCUT2D eigenvalue weighted by Crippen LogP contribution is -2.46. The molecule has 1 unspecified atom stereocenters. The average molecular weight is 209 g/mol. The molecule has 0 aliphatic carbocycles. The highest BCUT2D eigenvalue weighted by atomic mass is 15.2. The molecule has 86 valence electrons. The second-order valence-electron chi connectivity index (χ2n) is 4.16. The van der Waals surface area contributed by atoms with Gasteiger partial charge in [0, 0.05) is 39.3 Å². The smallest absolute Gasteiger partial charge is 0.0707 e. The zero-order valence-corrected chi connectivity index (χ0v) is 10.00. The van der Waals surface area contributed by atoms with Crippen molar-refractivity contribution in [1.82, 2.24) is 15.1 Å². The number of rotatable bonds is 5. The first kappa shape index (κ1) is 12.5. The average Bonchev–Trinajstić information content (AvgIpc) is 2.29. The highest BCUT2D eigenvalue weighted by molar-refractivity contribution is 4.98. The van der Waals surface area contributed by atoms with Gasteiger partial charge >= 0.3 is 0 Å². The van der Waals surface area contributed by atoms with Gasteiger partial charge in [-0.15, -0.1) is 6.42 Å². The van der Waals surface area contributed by atoms with Crippen LogP contribution in [0.2, 0.25) is 0 Å². The molecular weight excluding hydrogens is 186 g/mol. The van der Waals surface area contributed by atoms with Crippen LogP contribution < -0.4 is 5.32 Å². The van der Waals surface area contributed by atoms with Crippen LogP contribution in [0.1, 0.15) is 13.3 Å². The van der Waals surface area contributed by atoms with Gasteiger partial charge < -0.3 is 5.32 Å². The number of nitrogens with zero attached hydrogens (tertiary/aromatic N) is 2. The Balaban J connectivity index is 2.20. The van der Waals surface area contributed by atoms with Crippen molar-refractivity contribution < 1.29 is 0 Å². The Morgan fingerprint density at radius 1 is 1.47 bits per heavy atom. The molecule has 3 heteroatoms. The first-order valence-corrected chi connectivity index (χ1v) is 5.87. The van der Waals surface area contributed by atoms with Gasteiger partial charge in [-0.1, -0.05) is 12.8 Å². The molecule has 0 aromatic rings. The SMILES string of the molecule is C#CC(CC)N(C)CCN1CCNCC1. The molecule has 3 nitrogen and oxygen atoms in total. The largest absolute Gasteiger partial charge is 0.314 e. The predicted octanol–water partition coefficient (Wildman–Crippen LogP) is 0.235. The van der Waals surface area contributed by atoms with E-state index >= 15 is 0 Å². The third kappa shape index (κ3) is 4.21. The topological polar surface area (TPSA) is 18.5 Å². The lowest BCUT2D eigenvalue weighted by atomic mass is 10.2. The zero-order chi connectivity index (χ0) is 11.1. The second-order valence-corrected chi connectivity index (χ2v) is 4.16. The Morgan fingerprint density at radius 3 is 2.67 bits per heavy atom. The Labute approximate surface area is 93.8 Å². The summed E-state index contributed by atoms with van der Waals surface area (Å²) in [6.07, 6.45) is 6.51. The highest BCUT2D eigenvalue weighted by Crippen LogP contribution is 2.00. The van der Waals surface area contributed by atoms with Crippen LogP contribution in [0.25, 0.3) is 0 Å². The van der Waals surface area contributed by atoms with Crippen LogP contribution in [0.15, 0.2) is 0 Å². The number of hydrogen-bond donors (Lipinski definition) is 1. The van der Waals surface area contributed by atoms with Crippen LogP contribution in [0, 0.1) is 12.3 Å². The predicted molar refractivity (Wildman–Crippen MR) is 64.9 cm³/mol. The van der Waals surface area contributed by atoms with Gasteiger partial charge in [0.25, 0.3) is 0 Å². The third-order valence-electron chi connectivity index (χ3n) is 3.09. The summed E-state index contributed by atoms with van der Waals surface area (Å²) < 4.78 is 0. The van der Waals surface area contributed by atoms with Crippen molar-refractivity contribution in [3.8, 4) is 12.3 Å². The molecule has 0 amide bonds. The van der Waals surface area contributed by atoms with E-state index in [1.807, 2.05) is 0 Å². The van der Waals surface area contributed by atoms with E-state index in [1.165, 1.54) is 13.1 Å². The monoisotopic (exact) mass is 209 g/mol. The van der Waals surface area contributed by atoms with E-state index in [0.717, 1.165) is 32.6 Å². The van der Waals surface area contributed by atoms with Crippen LogP contribution in [0.3, 0.4) is 0 Å². The molecule has 15 heavy (non-hydrogen) atoms. The van der Waals surface area contributed by atoms with Crippen molar-refractivity contribution in [2.75, 3.05) is 46.3 Å². The van der Waals surface area contributed by atoms with E-state index < -0.39 is 0 Å². The van der Waals surface area contributed by atoms with E-state index in [4.69, 9.17) is 6.42 Å². The molecule has 1 N–H and O–H groups in total. The van der Waals surface area contributed by atoms with Crippen molar-refractivity contribution in [3.05, 3.63) is 0 Å². The number of terminal acetylenes is 1. The van der Waals surface area contributed by atoms with Crippen molar-refractivity contribution >= 4 is 0 Å². The molecule has 1 aliphatic heterocycles. The van der Waals surface area contributed by atoms with Crippen LogP contribution >= 0.6 is 0 Å². The highest BCUT2D eigenvalue weighted by Gasteiger charge is 2.13. The first-order chi connectivity index (χ1) is 7.27. The van der Waals surface area contributed by atoms with Crippen LogP contribution in [0.4, 0.5) is 0 Å². The lowest BCUT2D eigenvalue weighted by Gasteiger charge is -2.30. The van der Waals surface area contributed by atoms with Gasteiger partial charge in [0.1, 0.15) is 0 Å². The van der Waals surface area contributed by atoms with E-state index in [9.17, 15) is 0 Å². The minimum Gasteiger partial charge on any atom is -0.314 e. The summed E-state index contributed by atoms with van der Waals surface area (Å²) in [5.74, 6) is 2.83. The summed E-state index contributed by atoms with van der Waals surface area (Å²) in [6.45, 7) is 8.93. The zero-order valence-electron chi connectivity index (χ0n) is 10.00. The molecule has 1 rings (SSSR count). The van der Waals surface area contributed by atoms with E-state index in [1.54, 1.807) is 0 Å². The Bertz CT molecular complexity index is 203. The van der Waals surface area contributed by atoms with Gasteiger partial charge in [0.05, 0.1) is 6.04 Å². The first-order valence-electron chi connectivity index (χ1n) is 5.87. The summed E-state index contributed by atoms with van der Waals surface area (Å²) in [4.78, 5) is 4.78. The molecular formula is C12H23N3. The normalized spacial score (nSPS) is 20.1. The van der Waals surface area contributed by atoms with E-state index in [-0.39, 0.29) is 0 Å². The van der Waals surface area contributed by atoms with E-state index in [0.29, 0.717) is 6.04 Å². The summed E-state index contributed by atoms with van der Waals surface area (Å²) in [6, 6.07) is 0.299. The summed E-state index contributed by atoms with van der Waals surface area (Å²) >= 11 is 0. The molecule has 1 fully saturated rings. The minimum atomic E-state index is 0.299. The number of hydrogen-bond acceptors (Lipinski definition) is 3. The van der Waals surface area contributed by atoms with Gasteiger partial charge in [-0.2, -0.15) is 0 Å². The maximum Gasteiger partial charge on any atom is 0.0707 e. The molecule has 0 radical (unpaired) electrons. The van der Waals surface area contributed by atoms with Crippen LogP contribution in [-0.2, 0) is 0 Å². The van der Waals surface area contributed by atoms with Gasteiger partial charge in [-0.25, -0.2) is 0 Å². The fourth-order valence-corrected chi connectivity index (χ4v) is 1.95. The number of piperazine rings is 1.